The Bertz CT molecular complexity index is 1510. The third-order valence-electron chi connectivity index (χ3n) is 10.2. The highest BCUT2D eigenvalue weighted by atomic mass is 35.5. The third-order valence-corrected chi connectivity index (χ3v) is 10.4. The number of nitrogens with zero attached hydrogens (tertiary/aromatic N) is 2. The van der Waals surface area contributed by atoms with Crippen LogP contribution in [0.25, 0.3) is 0 Å². The number of carbonyl (C=O) groups is 3. The summed E-state index contributed by atoms with van der Waals surface area (Å²) < 4.78 is 10.8. The second kappa shape index (κ2) is 19.3. The molecule has 10 nitrogen and oxygen atoms in total. The number of piperidine rings is 1. The van der Waals surface area contributed by atoms with Crippen molar-refractivity contribution in [2.24, 2.45) is 22.1 Å². The second-order valence-electron chi connectivity index (χ2n) is 13.7. The van der Waals surface area contributed by atoms with Crippen molar-refractivity contribution in [3.05, 3.63) is 107 Å². The van der Waals surface area contributed by atoms with Crippen LogP contribution in [0.2, 0.25) is 5.02 Å². The summed E-state index contributed by atoms with van der Waals surface area (Å²) in [6.07, 6.45) is 8.66. The maximum Gasteiger partial charge on any atom is 0.414 e. The number of carbonyl (C=O) groups excluding carboxylic acids is 3. The summed E-state index contributed by atoms with van der Waals surface area (Å²) >= 11 is 6.03. The SMILES string of the molecule is N[C@H](Cc1ccc(Cl)cc1)C(=O)N1CCC(CCCN=C(NC(=O)OCc2ccccc2)NC(=O)OCc2ccccc2)(C2CCCCC2)CC1. The second-order valence-corrected chi connectivity index (χ2v) is 14.1. The molecule has 1 heterocycles. The van der Waals surface area contributed by atoms with Gasteiger partial charge in [0.1, 0.15) is 13.2 Å². The first-order valence-corrected chi connectivity index (χ1v) is 18.5. The third kappa shape index (κ3) is 11.8. The number of benzene rings is 3. The van der Waals surface area contributed by atoms with Gasteiger partial charge in [0.15, 0.2) is 0 Å². The molecule has 11 heteroatoms. The Labute approximate surface area is 306 Å². The largest absolute Gasteiger partial charge is 0.444 e. The highest BCUT2D eigenvalue weighted by Crippen LogP contribution is 2.49. The fourth-order valence-corrected chi connectivity index (χ4v) is 7.52. The molecule has 1 atom stereocenters. The fourth-order valence-electron chi connectivity index (χ4n) is 7.39. The summed E-state index contributed by atoms with van der Waals surface area (Å²) in [6.45, 7) is 1.90. The van der Waals surface area contributed by atoms with Crippen LogP contribution in [0, 0.1) is 11.3 Å². The molecular formula is C40H50ClN5O5. The quantitative estimate of drug-likeness (QED) is 0.102. The standard InChI is InChI=1S/C40H50ClN5O5/c41-34-19-17-30(18-20-34)27-35(42)36(47)46-25-22-40(23-26-46,33-15-8-3-9-16-33)21-10-24-43-37(44-38(48)50-28-31-11-4-1-5-12-31)45-39(49)51-29-32-13-6-2-7-14-32/h1-2,4-7,11-14,17-20,33,35H,3,8-10,15-16,21-29,42H2,(H2,43,44,45,48,49)/t35-/m1/s1. The summed E-state index contributed by atoms with van der Waals surface area (Å²) in [5, 5.41) is 5.84. The summed E-state index contributed by atoms with van der Waals surface area (Å²) in [5.74, 6) is 0.562. The number of hydrogen-bond donors (Lipinski definition) is 3. The Balaban J connectivity index is 1.18. The molecule has 2 aliphatic rings. The van der Waals surface area contributed by atoms with Gasteiger partial charge in [-0.05, 0) is 85.1 Å². The summed E-state index contributed by atoms with van der Waals surface area (Å²) in [6, 6.07) is 25.6. The van der Waals surface area contributed by atoms with Gasteiger partial charge in [0.05, 0.1) is 6.04 Å². The van der Waals surface area contributed by atoms with E-state index in [1.807, 2.05) is 89.8 Å². The van der Waals surface area contributed by atoms with E-state index < -0.39 is 18.2 Å². The molecular weight excluding hydrogens is 666 g/mol. The molecule has 5 rings (SSSR count). The number of alkyl carbamates (subject to hydrolysis) is 2. The monoisotopic (exact) mass is 715 g/mol. The van der Waals surface area contributed by atoms with Crippen LogP contribution < -0.4 is 16.4 Å². The van der Waals surface area contributed by atoms with Crippen LogP contribution in [0.3, 0.4) is 0 Å². The lowest BCUT2D eigenvalue weighted by atomic mass is 9.61. The van der Waals surface area contributed by atoms with Crippen LogP contribution in [0.15, 0.2) is 89.9 Å². The van der Waals surface area contributed by atoms with E-state index in [9.17, 15) is 14.4 Å². The van der Waals surface area contributed by atoms with Gasteiger partial charge in [0.2, 0.25) is 11.9 Å². The zero-order chi connectivity index (χ0) is 35.9. The van der Waals surface area contributed by atoms with E-state index in [1.54, 1.807) is 0 Å². The van der Waals surface area contributed by atoms with Gasteiger partial charge >= 0.3 is 12.2 Å². The number of likely N-dealkylation sites (tertiary alicyclic amines) is 1. The predicted molar refractivity (Wildman–Crippen MR) is 199 cm³/mol. The molecule has 272 valence electrons. The van der Waals surface area contributed by atoms with Gasteiger partial charge in [-0.3, -0.25) is 20.4 Å². The Morgan fingerprint density at radius 1 is 0.804 bits per heavy atom. The molecule has 51 heavy (non-hydrogen) atoms. The lowest BCUT2D eigenvalue weighted by molar-refractivity contribution is -0.136. The highest BCUT2D eigenvalue weighted by molar-refractivity contribution is 6.30. The fraction of sp³-hybridized carbons (Fsp3) is 0.450. The normalized spacial score (nSPS) is 16.4. The van der Waals surface area contributed by atoms with Crippen molar-refractivity contribution < 1.29 is 23.9 Å². The van der Waals surface area contributed by atoms with Crippen LogP contribution in [-0.2, 0) is 33.9 Å². The minimum absolute atomic E-state index is 0.00751. The maximum atomic E-state index is 13.4. The highest BCUT2D eigenvalue weighted by Gasteiger charge is 2.42. The molecule has 1 aliphatic heterocycles. The van der Waals surface area contributed by atoms with E-state index in [-0.39, 0.29) is 30.5 Å². The molecule has 4 N–H and O–H groups in total. The van der Waals surface area contributed by atoms with Crippen molar-refractivity contribution in [2.45, 2.75) is 83.5 Å². The number of nitrogens with two attached hydrogens (primary N) is 1. The molecule has 1 saturated carbocycles. The molecule has 2 fully saturated rings. The van der Waals surface area contributed by atoms with Crippen LogP contribution in [0.1, 0.15) is 74.5 Å². The average molecular weight is 716 g/mol. The molecule has 3 amide bonds. The van der Waals surface area contributed by atoms with Crippen molar-refractivity contribution in [3.8, 4) is 0 Å². The molecule has 0 aromatic heterocycles. The summed E-state index contributed by atoms with van der Waals surface area (Å²) in [7, 11) is 0. The van der Waals surface area contributed by atoms with E-state index in [1.165, 1.54) is 32.1 Å². The van der Waals surface area contributed by atoms with Crippen molar-refractivity contribution in [2.75, 3.05) is 19.6 Å². The van der Waals surface area contributed by atoms with E-state index in [4.69, 9.17) is 26.8 Å². The van der Waals surface area contributed by atoms with Crippen LogP contribution in [0.4, 0.5) is 9.59 Å². The Morgan fingerprint density at radius 3 is 1.90 bits per heavy atom. The number of aliphatic imine (C=N–C) groups is 1. The number of hydrogen-bond acceptors (Lipinski definition) is 7. The first kappa shape index (κ1) is 37.8. The van der Waals surface area contributed by atoms with Gasteiger partial charge in [0.25, 0.3) is 0 Å². The number of rotatable bonds is 12. The topological polar surface area (TPSA) is 135 Å². The summed E-state index contributed by atoms with van der Waals surface area (Å²) in [4.78, 5) is 45.4. The number of guanidine groups is 1. The zero-order valence-corrected chi connectivity index (χ0v) is 30.0. The Morgan fingerprint density at radius 2 is 1.35 bits per heavy atom. The minimum atomic E-state index is -0.731. The molecule has 3 aromatic rings. The van der Waals surface area contributed by atoms with E-state index in [2.05, 4.69) is 15.6 Å². The Hall–Kier alpha value is -4.41. The average Bonchev–Trinajstić information content (AvgIpc) is 3.17. The smallest absolute Gasteiger partial charge is 0.414 e. The van der Waals surface area contributed by atoms with Gasteiger partial charge in [-0.25, -0.2) is 9.59 Å². The van der Waals surface area contributed by atoms with Gasteiger partial charge in [0, 0.05) is 24.7 Å². The molecule has 0 bridgehead atoms. The van der Waals surface area contributed by atoms with Crippen molar-refractivity contribution in [1.82, 2.24) is 15.5 Å². The van der Waals surface area contributed by atoms with Crippen molar-refractivity contribution >= 4 is 35.7 Å². The minimum Gasteiger partial charge on any atom is -0.444 e. The number of ether oxygens (including phenoxy) is 2. The lowest BCUT2D eigenvalue weighted by Gasteiger charge is -2.48. The van der Waals surface area contributed by atoms with Gasteiger partial charge in [-0.1, -0.05) is 104 Å². The molecule has 1 saturated heterocycles. The molecule has 1 aliphatic carbocycles. The van der Waals surface area contributed by atoms with Gasteiger partial charge in [-0.2, -0.15) is 0 Å². The first-order chi connectivity index (χ1) is 24.8. The first-order valence-electron chi connectivity index (χ1n) is 18.1. The molecule has 0 radical (unpaired) electrons. The Kier molecular flexibility index (Phi) is 14.3. The number of nitrogens with one attached hydrogen (secondary N) is 2. The number of halogens is 1. The van der Waals surface area contributed by atoms with Crippen molar-refractivity contribution in [1.29, 1.82) is 0 Å². The van der Waals surface area contributed by atoms with Crippen LogP contribution in [0.5, 0.6) is 0 Å². The number of amides is 3. The van der Waals surface area contributed by atoms with Gasteiger partial charge in [-0.15, -0.1) is 0 Å². The van der Waals surface area contributed by atoms with Crippen LogP contribution in [-0.4, -0.2) is 54.6 Å². The van der Waals surface area contributed by atoms with E-state index in [0.717, 1.165) is 42.4 Å². The predicted octanol–water partition coefficient (Wildman–Crippen LogP) is 7.39. The van der Waals surface area contributed by atoms with Crippen LogP contribution >= 0.6 is 11.6 Å². The molecule has 0 spiro atoms. The zero-order valence-electron chi connectivity index (χ0n) is 29.2. The summed E-state index contributed by atoms with van der Waals surface area (Å²) in [5.41, 5.74) is 9.17. The van der Waals surface area contributed by atoms with E-state index in [0.29, 0.717) is 37.0 Å². The molecule has 3 aromatic carbocycles. The lowest BCUT2D eigenvalue weighted by Crippen LogP contribution is -2.51. The van der Waals surface area contributed by atoms with Crippen molar-refractivity contribution in [3.63, 3.8) is 0 Å². The van der Waals surface area contributed by atoms with E-state index >= 15 is 0 Å². The van der Waals surface area contributed by atoms with Gasteiger partial charge < -0.3 is 20.1 Å². The maximum absolute atomic E-state index is 13.4. The molecule has 0 unspecified atom stereocenters.